The summed E-state index contributed by atoms with van der Waals surface area (Å²) in [5.41, 5.74) is 0.563. The van der Waals surface area contributed by atoms with Crippen LogP contribution in [0, 0.1) is 0 Å². The number of carbonyl (C=O) groups excluding carboxylic acids is 1. The molecule has 1 radical (unpaired) electrons. The minimum Gasteiger partial charge on any atom is -0.480 e. The van der Waals surface area contributed by atoms with Crippen LogP contribution in [0.3, 0.4) is 0 Å². The molecule has 0 aliphatic rings. The maximum Gasteiger partial charge on any atom is 0.317 e. The summed E-state index contributed by atoms with van der Waals surface area (Å²) in [7, 11) is -1.11. The van der Waals surface area contributed by atoms with Gasteiger partial charge in [0.1, 0.15) is 0 Å². The Bertz CT molecular complexity index is 1280. The summed E-state index contributed by atoms with van der Waals surface area (Å²) in [5.74, 6) is -2.16. The number of hydrogen-bond acceptors (Lipinski definition) is 6. The Hall–Kier alpha value is -3.84. The van der Waals surface area contributed by atoms with Crippen molar-refractivity contribution >= 4 is 46.4 Å². The summed E-state index contributed by atoms with van der Waals surface area (Å²) in [4.78, 5) is 31.9. The van der Waals surface area contributed by atoms with Crippen molar-refractivity contribution in [2.45, 2.75) is 0 Å². The Labute approximate surface area is 256 Å². The molecule has 0 unspecified atom stereocenters. The third-order valence-electron chi connectivity index (χ3n) is 6.39. The Morgan fingerprint density at radius 1 is 0.595 bits per heavy atom. The molecule has 0 bridgehead atoms. The van der Waals surface area contributed by atoms with E-state index < -0.39 is 19.2 Å². The summed E-state index contributed by atoms with van der Waals surface area (Å²) in [6.07, 6.45) is 0. The first-order valence-corrected chi connectivity index (χ1v) is 15.1. The van der Waals surface area contributed by atoms with Crippen molar-refractivity contribution < 1.29 is 46.4 Å². The van der Waals surface area contributed by atoms with Crippen molar-refractivity contribution in [3.63, 3.8) is 0 Å². The van der Waals surface area contributed by atoms with Crippen LogP contribution in [0.5, 0.6) is 0 Å². The van der Waals surface area contributed by atoms with Crippen molar-refractivity contribution in [2.24, 2.45) is 0 Å². The van der Waals surface area contributed by atoms with Crippen molar-refractivity contribution in [1.29, 1.82) is 0 Å². The van der Waals surface area contributed by atoms with Crippen LogP contribution in [0.1, 0.15) is 10.4 Å². The Kier molecular flexibility index (Phi) is 14.6. The Morgan fingerprint density at radius 2 is 0.929 bits per heavy atom. The fraction of sp³-hybridized carbons (Fsp3) is 0.156. The zero-order valence-corrected chi connectivity index (χ0v) is 25.1. The molecule has 0 aliphatic carbocycles. The number of hydrogen-bond donors (Lipinski definition) is 4. The number of methoxy groups -OCH3 is 1. The molecule has 0 fully saturated rings. The van der Waals surface area contributed by atoms with Gasteiger partial charge in [-0.05, 0) is 0 Å². The molecule has 0 saturated heterocycles. The van der Waals surface area contributed by atoms with E-state index in [-0.39, 0.29) is 36.1 Å². The first kappa shape index (κ1) is 34.4. The van der Waals surface area contributed by atoms with E-state index in [0.717, 1.165) is 0 Å². The molecule has 0 aromatic heterocycles. The van der Waals surface area contributed by atoms with Gasteiger partial charge in [-0.25, -0.2) is 0 Å². The zero-order chi connectivity index (χ0) is 29.5. The standard InChI is InChI=1S/C26H23O2P.C6H12N2O4.Cu/c1-28-26(27)21-17-19-25(20-18-21)29(22-11-5-2-6-12-22,23-13-7-3-8-14-23)24-15-9-4-10-16-24;9-5(10)3-7-1-2-8-4-6(11)12;/h2-20,29H,1H3;7-8H,1-4H2,(H,9,10)(H,11,12);. The molecule has 4 rings (SSSR count). The molecule has 0 heterocycles. The average molecular weight is 638 g/mol. The van der Waals surface area contributed by atoms with Gasteiger partial charge in [-0.15, -0.1) is 0 Å². The number of benzene rings is 4. The molecular formula is C32H35CuN2O6P. The summed E-state index contributed by atoms with van der Waals surface area (Å²) < 4.78 is 4.89. The van der Waals surface area contributed by atoms with Crippen molar-refractivity contribution in [3.05, 3.63) is 121 Å². The van der Waals surface area contributed by atoms with Crippen LogP contribution in [0.25, 0.3) is 0 Å². The van der Waals surface area contributed by atoms with E-state index in [1.807, 2.05) is 12.1 Å². The number of esters is 1. The predicted molar refractivity (Wildman–Crippen MR) is 165 cm³/mol. The first-order valence-electron chi connectivity index (χ1n) is 13.1. The van der Waals surface area contributed by atoms with Crippen LogP contribution in [0.15, 0.2) is 115 Å². The molecule has 0 atom stereocenters. The number of aliphatic carboxylic acids is 2. The van der Waals surface area contributed by atoms with E-state index in [9.17, 15) is 14.4 Å². The van der Waals surface area contributed by atoms with Crippen molar-refractivity contribution in [2.75, 3.05) is 33.3 Å². The van der Waals surface area contributed by atoms with Crippen LogP contribution in [0.2, 0.25) is 0 Å². The molecule has 42 heavy (non-hydrogen) atoms. The third-order valence-corrected chi connectivity index (χ3v) is 11.2. The predicted octanol–water partition coefficient (Wildman–Crippen LogP) is 2.16. The number of ether oxygens (including phenoxy) is 1. The second-order valence-electron chi connectivity index (χ2n) is 9.06. The number of carboxylic acid groups (broad SMARTS) is 2. The van der Waals surface area contributed by atoms with Crippen molar-refractivity contribution in [1.82, 2.24) is 10.6 Å². The van der Waals surface area contributed by atoms with Gasteiger partial charge in [-0.2, -0.15) is 0 Å². The van der Waals surface area contributed by atoms with Gasteiger partial charge in [-0.3, -0.25) is 9.59 Å². The molecule has 4 aromatic carbocycles. The van der Waals surface area contributed by atoms with Crippen LogP contribution in [-0.4, -0.2) is 61.4 Å². The molecule has 4 aromatic rings. The summed E-state index contributed by atoms with van der Waals surface area (Å²) >= 11 is 0. The molecule has 0 spiro atoms. The van der Waals surface area contributed by atoms with Gasteiger partial charge in [0.25, 0.3) is 0 Å². The van der Waals surface area contributed by atoms with Gasteiger partial charge in [0.15, 0.2) is 0 Å². The summed E-state index contributed by atoms with van der Waals surface area (Å²) in [6, 6.07) is 40.0. The van der Waals surface area contributed by atoms with Crippen LogP contribution in [-0.2, 0) is 31.4 Å². The quantitative estimate of drug-likeness (QED) is 0.0807. The minimum atomic E-state index is -2.52. The molecular weight excluding hydrogens is 603 g/mol. The van der Waals surface area contributed by atoms with E-state index >= 15 is 0 Å². The van der Waals surface area contributed by atoms with Crippen LogP contribution < -0.4 is 31.9 Å². The normalized spacial score (nSPS) is 10.8. The fourth-order valence-electron chi connectivity index (χ4n) is 4.61. The van der Waals surface area contributed by atoms with E-state index in [2.05, 4.69) is 114 Å². The van der Waals surface area contributed by atoms with Gasteiger partial charge >= 0.3 is 184 Å². The number of nitrogens with one attached hydrogen (secondary N) is 2. The minimum absolute atomic E-state index is 0. The van der Waals surface area contributed by atoms with E-state index in [4.69, 9.17) is 14.9 Å². The molecule has 0 amide bonds. The monoisotopic (exact) mass is 637 g/mol. The molecule has 0 aliphatic heterocycles. The Morgan fingerprint density at radius 3 is 1.24 bits per heavy atom. The molecule has 10 heteroatoms. The summed E-state index contributed by atoms with van der Waals surface area (Å²) in [6.45, 7) is 0.683. The largest absolute Gasteiger partial charge is 0.480 e. The second-order valence-corrected chi connectivity index (χ2v) is 12.9. The van der Waals surface area contributed by atoms with Gasteiger partial charge in [0, 0.05) is 30.2 Å². The Balaban J connectivity index is 0.000000405. The molecule has 8 nitrogen and oxygen atoms in total. The second kappa shape index (κ2) is 17.9. The van der Waals surface area contributed by atoms with Gasteiger partial charge in [0.05, 0.1) is 13.1 Å². The molecule has 4 N–H and O–H groups in total. The SMILES string of the molecule is COC(=O)c1ccc([PH](c2ccccc2)(c2ccccc2)c2ccccc2)cc1.O=C(O)CNCCNCC(=O)O.[Cu]. The topological polar surface area (TPSA) is 125 Å². The van der Waals surface area contributed by atoms with E-state index in [1.54, 1.807) is 0 Å². The maximum absolute atomic E-state index is 12.0. The van der Waals surface area contributed by atoms with E-state index in [0.29, 0.717) is 18.7 Å². The van der Waals surface area contributed by atoms with Crippen LogP contribution in [0.4, 0.5) is 0 Å². The smallest absolute Gasteiger partial charge is 0.317 e. The third kappa shape index (κ3) is 9.35. The van der Waals surface area contributed by atoms with Gasteiger partial charge in [-0.1, -0.05) is 0 Å². The van der Waals surface area contributed by atoms with Crippen molar-refractivity contribution in [3.8, 4) is 0 Å². The van der Waals surface area contributed by atoms with E-state index in [1.165, 1.54) is 28.3 Å². The summed E-state index contributed by atoms with van der Waals surface area (Å²) in [5, 5.41) is 26.7. The average Bonchev–Trinajstić information content (AvgIpc) is 3.01. The first-order chi connectivity index (χ1) is 19.9. The zero-order valence-electron chi connectivity index (χ0n) is 23.1. The molecule has 0 saturated carbocycles. The van der Waals surface area contributed by atoms with Gasteiger partial charge < -0.3 is 20.8 Å². The van der Waals surface area contributed by atoms with Crippen LogP contribution >= 0.6 is 7.26 Å². The number of carbonyl (C=O) groups is 3. The number of rotatable bonds is 12. The van der Waals surface area contributed by atoms with Gasteiger partial charge in [0.2, 0.25) is 0 Å². The fourth-order valence-corrected chi connectivity index (χ4v) is 9.35. The number of carboxylic acids is 2. The maximum atomic E-state index is 12.0. The molecule has 225 valence electrons.